The molecular weight excluding hydrogens is 342 g/mol. The minimum Gasteiger partial charge on any atom is -0.365 e. The third kappa shape index (κ3) is 3.58. The van der Waals surface area contributed by atoms with Gasteiger partial charge >= 0.3 is 0 Å². The van der Waals surface area contributed by atoms with Crippen molar-refractivity contribution >= 4 is 22.7 Å². The smallest absolute Gasteiger partial charge is 0.256 e. The van der Waals surface area contributed by atoms with Crippen LogP contribution < -0.4 is 0 Å². The number of para-hydroxylation sites is 1. The molecule has 0 saturated carbocycles. The SMILES string of the molecule is Cc1[nH]c2ccccc2c1C(=O)N1CCO[C@@H](C(=O)N2CCCCCC2)C1. The first-order valence-corrected chi connectivity index (χ1v) is 9.92. The molecule has 1 aromatic carbocycles. The summed E-state index contributed by atoms with van der Waals surface area (Å²) in [6, 6.07) is 7.84. The molecule has 0 bridgehead atoms. The largest absolute Gasteiger partial charge is 0.365 e. The van der Waals surface area contributed by atoms with Crippen LogP contribution in [0.4, 0.5) is 0 Å². The maximum Gasteiger partial charge on any atom is 0.256 e. The standard InChI is InChI=1S/C21H27N3O3/c1-15-19(16-8-4-5-9-17(16)22-15)21(26)24-12-13-27-18(14-24)20(25)23-10-6-2-3-7-11-23/h4-5,8-9,18,22H,2-3,6-7,10-14H2,1H3/t18-/m1/s1. The molecule has 0 unspecified atom stereocenters. The number of ether oxygens (including phenoxy) is 1. The van der Waals surface area contributed by atoms with Crippen LogP contribution >= 0.6 is 0 Å². The summed E-state index contributed by atoms with van der Waals surface area (Å²) >= 11 is 0. The zero-order chi connectivity index (χ0) is 18.8. The van der Waals surface area contributed by atoms with Gasteiger partial charge in [-0.2, -0.15) is 0 Å². The van der Waals surface area contributed by atoms with Crippen LogP contribution in [0.15, 0.2) is 24.3 Å². The number of nitrogens with zero attached hydrogens (tertiary/aromatic N) is 2. The van der Waals surface area contributed by atoms with Gasteiger partial charge in [0.25, 0.3) is 11.8 Å². The number of aromatic amines is 1. The summed E-state index contributed by atoms with van der Waals surface area (Å²) in [7, 11) is 0. The van der Waals surface area contributed by atoms with Crippen LogP contribution in [0.3, 0.4) is 0 Å². The van der Waals surface area contributed by atoms with Crippen molar-refractivity contribution in [3.63, 3.8) is 0 Å². The van der Waals surface area contributed by atoms with Crippen LogP contribution in [0, 0.1) is 6.92 Å². The Bertz CT molecular complexity index is 836. The van der Waals surface area contributed by atoms with E-state index in [1.165, 1.54) is 12.8 Å². The van der Waals surface area contributed by atoms with Crippen molar-refractivity contribution in [2.75, 3.05) is 32.8 Å². The Morgan fingerprint density at radius 1 is 1.04 bits per heavy atom. The summed E-state index contributed by atoms with van der Waals surface area (Å²) in [5.74, 6) is 0.00645. The maximum absolute atomic E-state index is 13.2. The number of amides is 2. The lowest BCUT2D eigenvalue weighted by Gasteiger charge is -2.35. The van der Waals surface area contributed by atoms with Crippen molar-refractivity contribution in [2.45, 2.75) is 38.7 Å². The number of nitrogens with one attached hydrogen (secondary N) is 1. The molecule has 0 spiro atoms. The molecule has 2 fully saturated rings. The number of hydrogen-bond acceptors (Lipinski definition) is 3. The molecule has 2 amide bonds. The van der Waals surface area contributed by atoms with Crippen molar-refractivity contribution in [1.29, 1.82) is 0 Å². The Balaban J connectivity index is 1.51. The van der Waals surface area contributed by atoms with Gasteiger partial charge in [0.1, 0.15) is 0 Å². The predicted octanol–water partition coefficient (Wildman–Crippen LogP) is 2.72. The number of hydrogen-bond donors (Lipinski definition) is 1. The van der Waals surface area contributed by atoms with Crippen LogP contribution in [-0.2, 0) is 9.53 Å². The van der Waals surface area contributed by atoms with E-state index in [4.69, 9.17) is 4.74 Å². The monoisotopic (exact) mass is 369 g/mol. The highest BCUT2D eigenvalue weighted by Crippen LogP contribution is 2.24. The molecular formula is C21H27N3O3. The average Bonchev–Trinajstić information content (AvgIpc) is 2.86. The third-order valence-corrected chi connectivity index (χ3v) is 5.65. The van der Waals surface area contributed by atoms with Gasteiger partial charge in [0.05, 0.1) is 18.7 Å². The van der Waals surface area contributed by atoms with E-state index in [-0.39, 0.29) is 11.8 Å². The van der Waals surface area contributed by atoms with E-state index < -0.39 is 6.10 Å². The summed E-state index contributed by atoms with van der Waals surface area (Å²) in [6.45, 7) is 4.77. The quantitative estimate of drug-likeness (QED) is 0.885. The highest BCUT2D eigenvalue weighted by Gasteiger charge is 2.33. The van der Waals surface area contributed by atoms with Crippen molar-refractivity contribution in [3.05, 3.63) is 35.5 Å². The predicted molar refractivity (Wildman–Crippen MR) is 104 cm³/mol. The molecule has 2 saturated heterocycles. The van der Waals surface area contributed by atoms with Crippen LogP contribution in [0.25, 0.3) is 10.9 Å². The van der Waals surface area contributed by atoms with Gasteiger partial charge < -0.3 is 19.5 Å². The van der Waals surface area contributed by atoms with E-state index >= 15 is 0 Å². The second-order valence-corrected chi connectivity index (χ2v) is 7.52. The van der Waals surface area contributed by atoms with E-state index in [2.05, 4.69) is 4.98 Å². The minimum absolute atomic E-state index is 0.0260. The number of H-pyrrole nitrogens is 1. The highest BCUT2D eigenvalue weighted by atomic mass is 16.5. The second-order valence-electron chi connectivity index (χ2n) is 7.52. The Kier molecular flexibility index (Phi) is 5.16. The van der Waals surface area contributed by atoms with E-state index in [0.29, 0.717) is 25.3 Å². The molecule has 1 atom stereocenters. The minimum atomic E-state index is -0.550. The lowest BCUT2D eigenvalue weighted by molar-refractivity contribution is -0.148. The van der Waals surface area contributed by atoms with Gasteiger partial charge in [-0.25, -0.2) is 0 Å². The van der Waals surface area contributed by atoms with Crippen LogP contribution in [-0.4, -0.2) is 65.5 Å². The zero-order valence-corrected chi connectivity index (χ0v) is 15.9. The van der Waals surface area contributed by atoms with E-state index in [1.54, 1.807) is 4.90 Å². The number of aryl methyl sites for hydroxylation is 1. The molecule has 1 N–H and O–H groups in total. The molecule has 2 aliphatic rings. The number of carbonyl (C=O) groups is 2. The first kappa shape index (κ1) is 18.0. The zero-order valence-electron chi connectivity index (χ0n) is 15.9. The molecule has 6 nitrogen and oxygen atoms in total. The molecule has 0 aliphatic carbocycles. The topological polar surface area (TPSA) is 65.6 Å². The molecule has 144 valence electrons. The molecule has 3 heterocycles. The van der Waals surface area contributed by atoms with Gasteiger partial charge in [0.15, 0.2) is 6.10 Å². The summed E-state index contributed by atoms with van der Waals surface area (Å²) in [5, 5.41) is 0.932. The number of aromatic nitrogens is 1. The first-order valence-electron chi connectivity index (χ1n) is 9.92. The first-order chi connectivity index (χ1) is 13.1. The van der Waals surface area contributed by atoms with E-state index in [0.717, 1.165) is 42.5 Å². The molecule has 0 radical (unpaired) electrons. The number of fused-ring (bicyclic) bond motifs is 1. The average molecular weight is 369 g/mol. The summed E-state index contributed by atoms with van der Waals surface area (Å²) in [5.41, 5.74) is 2.53. The lowest BCUT2D eigenvalue weighted by atomic mass is 10.1. The van der Waals surface area contributed by atoms with Gasteiger partial charge in [-0.3, -0.25) is 9.59 Å². The Hall–Kier alpha value is -2.34. The fourth-order valence-electron chi connectivity index (χ4n) is 4.19. The molecule has 6 heteroatoms. The van der Waals surface area contributed by atoms with E-state index in [1.807, 2.05) is 36.1 Å². The van der Waals surface area contributed by atoms with Crippen LogP contribution in [0.5, 0.6) is 0 Å². The third-order valence-electron chi connectivity index (χ3n) is 5.65. The van der Waals surface area contributed by atoms with E-state index in [9.17, 15) is 9.59 Å². The Labute approximate surface area is 159 Å². The maximum atomic E-state index is 13.2. The van der Waals surface area contributed by atoms with Gasteiger partial charge in [-0.1, -0.05) is 31.0 Å². The fourth-order valence-corrected chi connectivity index (χ4v) is 4.19. The fraction of sp³-hybridized carbons (Fsp3) is 0.524. The van der Waals surface area contributed by atoms with Crippen molar-refractivity contribution in [1.82, 2.24) is 14.8 Å². The molecule has 2 aliphatic heterocycles. The lowest BCUT2D eigenvalue weighted by Crippen LogP contribution is -2.52. The normalized spacial score (nSPS) is 21.3. The molecule has 4 rings (SSSR count). The van der Waals surface area contributed by atoms with Crippen molar-refractivity contribution < 1.29 is 14.3 Å². The second kappa shape index (κ2) is 7.72. The van der Waals surface area contributed by atoms with Gasteiger partial charge in [-0.05, 0) is 25.8 Å². The van der Waals surface area contributed by atoms with Crippen molar-refractivity contribution in [2.24, 2.45) is 0 Å². The molecule has 2 aromatic rings. The Morgan fingerprint density at radius 3 is 2.56 bits per heavy atom. The van der Waals surface area contributed by atoms with Crippen molar-refractivity contribution in [3.8, 4) is 0 Å². The van der Waals surface area contributed by atoms with Crippen LogP contribution in [0.2, 0.25) is 0 Å². The highest BCUT2D eigenvalue weighted by molar-refractivity contribution is 6.08. The van der Waals surface area contributed by atoms with Gasteiger partial charge in [0.2, 0.25) is 0 Å². The van der Waals surface area contributed by atoms with Gasteiger partial charge in [-0.15, -0.1) is 0 Å². The Morgan fingerprint density at radius 2 is 1.78 bits per heavy atom. The van der Waals surface area contributed by atoms with Crippen LogP contribution in [0.1, 0.15) is 41.7 Å². The number of carbonyl (C=O) groups excluding carboxylic acids is 2. The number of rotatable bonds is 2. The summed E-state index contributed by atoms with van der Waals surface area (Å²) in [4.78, 5) is 33.1. The van der Waals surface area contributed by atoms with Gasteiger partial charge in [0, 0.05) is 36.2 Å². The number of morpholine rings is 1. The summed E-state index contributed by atoms with van der Waals surface area (Å²) in [6.07, 6.45) is 3.91. The number of benzene rings is 1. The molecule has 1 aromatic heterocycles. The molecule has 27 heavy (non-hydrogen) atoms. The summed E-state index contributed by atoms with van der Waals surface area (Å²) < 4.78 is 5.76. The number of likely N-dealkylation sites (tertiary alicyclic amines) is 1.